The largest absolute Gasteiger partial charge is 0.508 e. The Balaban J connectivity index is 1.45. The third-order valence-electron chi connectivity index (χ3n) is 5.69. The Labute approximate surface area is 209 Å². The lowest BCUT2D eigenvalue weighted by Crippen LogP contribution is -2.22. The van der Waals surface area contributed by atoms with Crippen LogP contribution in [0.15, 0.2) is 42.5 Å². The molecule has 1 atom stereocenters. The van der Waals surface area contributed by atoms with Gasteiger partial charge in [0.15, 0.2) is 0 Å². The maximum Gasteiger partial charge on any atom is 0.229 e. The Bertz CT molecular complexity index is 984. The molecule has 2 aromatic carbocycles. The number of hydrogen-bond donors (Lipinski definition) is 5. The molecule has 0 fully saturated rings. The second-order valence-corrected chi connectivity index (χ2v) is 10.5. The van der Waals surface area contributed by atoms with Crippen molar-refractivity contribution in [1.29, 1.82) is 0 Å². The number of aliphatic hydroxyl groups is 2. The molecule has 0 aromatic heterocycles. The lowest BCUT2D eigenvalue weighted by molar-refractivity contribution is 0.126. The summed E-state index contributed by atoms with van der Waals surface area (Å²) in [6, 6.07) is 12.3. The molecule has 0 unspecified atom stereocenters. The summed E-state index contributed by atoms with van der Waals surface area (Å²) in [4.78, 5) is 0. The van der Waals surface area contributed by atoms with Gasteiger partial charge in [-0.05, 0) is 68.0 Å². The van der Waals surface area contributed by atoms with Crippen LogP contribution in [0.2, 0.25) is 0 Å². The van der Waals surface area contributed by atoms with E-state index in [0.29, 0.717) is 30.0 Å². The molecule has 0 bridgehead atoms. The van der Waals surface area contributed by atoms with E-state index in [4.69, 9.17) is 4.74 Å². The van der Waals surface area contributed by atoms with Crippen molar-refractivity contribution in [2.45, 2.75) is 57.7 Å². The Morgan fingerprint density at radius 2 is 1.66 bits per heavy atom. The van der Waals surface area contributed by atoms with E-state index in [1.54, 1.807) is 18.2 Å². The summed E-state index contributed by atoms with van der Waals surface area (Å²) in [5.41, 5.74) is 2.73. The van der Waals surface area contributed by atoms with Crippen molar-refractivity contribution in [2.24, 2.45) is 0 Å². The highest BCUT2D eigenvalue weighted by Crippen LogP contribution is 2.22. The van der Waals surface area contributed by atoms with Gasteiger partial charge in [0.1, 0.15) is 5.75 Å². The van der Waals surface area contributed by atoms with Gasteiger partial charge in [-0.3, -0.25) is 4.72 Å². The molecule has 0 aliphatic rings. The number of phenols is 1. The molecule has 0 amide bonds. The molecule has 5 N–H and O–H groups in total. The molecule has 0 spiro atoms. The van der Waals surface area contributed by atoms with Gasteiger partial charge in [0.05, 0.1) is 24.7 Å². The van der Waals surface area contributed by atoms with Gasteiger partial charge < -0.3 is 25.4 Å². The summed E-state index contributed by atoms with van der Waals surface area (Å²) >= 11 is 0. The molecular formula is C26H40N2O6S. The first-order valence-electron chi connectivity index (χ1n) is 12.2. The van der Waals surface area contributed by atoms with E-state index >= 15 is 0 Å². The van der Waals surface area contributed by atoms with Crippen LogP contribution < -0.4 is 10.0 Å². The van der Waals surface area contributed by atoms with Gasteiger partial charge >= 0.3 is 0 Å². The van der Waals surface area contributed by atoms with Gasteiger partial charge in [0.25, 0.3) is 0 Å². The number of anilines is 1. The van der Waals surface area contributed by atoms with Gasteiger partial charge in [0, 0.05) is 25.3 Å². The van der Waals surface area contributed by atoms with Crippen LogP contribution in [0.4, 0.5) is 5.69 Å². The number of aliphatic hydroxyl groups excluding tert-OH is 2. The summed E-state index contributed by atoms with van der Waals surface area (Å²) in [6.45, 7) is 2.43. The van der Waals surface area contributed by atoms with Crippen LogP contribution in [0.1, 0.15) is 61.3 Å². The molecule has 0 aliphatic carbocycles. The highest BCUT2D eigenvalue weighted by atomic mass is 32.2. The molecule has 9 heteroatoms. The van der Waals surface area contributed by atoms with E-state index in [2.05, 4.69) is 10.0 Å². The van der Waals surface area contributed by atoms with Gasteiger partial charge in [-0.2, -0.15) is 0 Å². The first kappa shape index (κ1) is 29.1. The second-order valence-electron chi connectivity index (χ2n) is 8.78. The average Bonchev–Trinajstić information content (AvgIpc) is 2.82. The third kappa shape index (κ3) is 11.9. The molecular weight excluding hydrogens is 468 g/mol. The molecule has 2 rings (SSSR count). The number of nitrogens with one attached hydrogen (secondary N) is 2. The zero-order valence-electron chi connectivity index (χ0n) is 20.6. The van der Waals surface area contributed by atoms with Crippen LogP contribution in [-0.4, -0.2) is 56.3 Å². The van der Waals surface area contributed by atoms with Crippen LogP contribution in [-0.2, 0) is 27.8 Å². The van der Waals surface area contributed by atoms with Crippen LogP contribution in [0.25, 0.3) is 0 Å². The first-order chi connectivity index (χ1) is 16.8. The number of benzene rings is 2. The molecule has 0 saturated carbocycles. The van der Waals surface area contributed by atoms with Crippen molar-refractivity contribution < 1.29 is 28.5 Å². The van der Waals surface area contributed by atoms with Gasteiger partial charge in [-0.15, -0.1) is 0 Å². The van der Waals surface area contributed by atoms with Crippen molar-refractivity contribution in [2.75, 3.05) is 37.3 Å². The fraction of sp³-hybridized carbons (Fsp3) is 0.538. The van der Waals surface area contributed by atoms with Crippen molar-refractivity contribution in [3.8, 4) is 5.75 Å². The first-order valence-corrected chi connectivity index (χ1v) is 14.1. The summed E-state index contributed by atoms with van der Waals surface area (Å²) in [6.07, 6.45) is 7.36. The summed E-state index contributed by atoms with van der Waals surface area (Å²) in [5.74, 6) is 0.0330. The minimum absolute atomic E-state index is 0.0330. The van der Waals surface area contributed by atoms with Gasteiger partial charge in [-0.1, -0.05) is 37.1 Å². The number of sulfonamides is 1. The van der Waals surface area contributed by atoms with Crippen molar-refractivity contribution >= 4 is 15.7 Å². The zero-order valence-corrected chi connectivity index (χ0v) is 21.4. The van der Waals surface area contributed by atoms with Crippen molar-refractivity contribution in [3.05, 3.63) is 59.2 Å². The molecule has 0 saturated heterocycles. The Hall–Kier alpha value is -2.17. The van der Waals surface area contributed by atoms with Crippen molar-refractivity contribution in [3.63, 3.8) is 0 Å². The molecule has 0 aliphatic heterocycles. The molecule has 2 aromatic rings. The fourth-order valence-corrected chi connectivity index (χ4v) is 4.36. The average molecular weight is 509 g/mol. The lowest BCUT2D eigenvalue weighted by atomic mass is 10.1. The van der Waals surface area contributed by atoms with Crippen LogP contribution in [0.5, 0.6) is 5.75 Å². The second kappa shape index (κ2) is 15.7. The Morgan fingerprint density at radius 1 is 0.943 bits per heavy atom. The molecule has 8 nitrogen and oxygen atoms in total. The van der Waals surface area contributed by atoms with E-state index in [1.165, 1.54) is 6.07 Å². The minimum Gasteiger partial charge on any atom is -0.508 e. The number of aryl methyl sites for hydroxylation is 1. The van der Waals surface area contributed by atoms with E-state index in [1.807, 2.05) is 18.2 Å². The SMILES string of the molecule is CS(=O)(=O)Nc1ccccc1CCCCOCCCCCCNC[C@H](O)c1ccc(O)c(CO)c1. The zero-order chi connectivity index (χ0) is 25.5. The number of para-hydroxylation sites is 1. The quantitative estimate of drug-likeness (QED) is 0.195. The molecule has 0 radical (unpaired) electrons. The smallest absolute Gasteiger partial charge is 0.229 e. The number of unbranched alkanes of at least 4 members (excludes halogenated alkanes) is 4. The van der Waals surface area contributed by atoms with Gasteiger partial charge in [0.2, 0.25) is 10.0 Å². The normalized spacial score (nSPS) is 12.5. The van der Waals surface area contributed by atoms with Crippen LogP contribution >= 0.6 is 0 Å². The Morgan fingerprint density at radius 3 is 2.40 bits per heavy atom. The fourth-order valence-electron chi connectivity index (χ4n) is 3.76. The molecule has 35 heavy (non-hydrogen) atoms. The van der Waals surface area contributed by atoms with Crippen molar-refractivity contribution in [1.82, 2.24) is 5.32 Å². The highest BCUT2D eigenvalue weighted by molar-refractivity contribution is 7.92. The predicted molar refractivity (Wildman–Crippen MR) is 139 cm³/mol. The van der Waals surface area contributed by atoms with E-state index < -0.39 is 16.1 Å². The van der Waals surface area contributed by atoms with E-state index in [-0.39, 0.29) is 12.4 Å². The third-order valence-corrected chi connectivity index (χ3v) is 6.28. The molecule has 196 valence electrons. The monoisotopic (exact) mass is 508 g/mol. The topological polar surface area (TPSA) is 128 Å². The molecule has 0 heterocycles. The maximum atomic E-state index is 11.5. The number of ether oxygens (including phenoxy) is 1. The highest BCUT2D eigenvalue weighted by Gasteiger charge is 2.10. The minimum atomic E-state index is -3.28. The summed E-state index contributed by atoms with van der Waals surface area (Å²) < 4.78 is 31.2. The summed E-state index contributed by atoms with van der Waals surface area (Å²) in [7, 11) is -3.28. The number of rotatable bonds is 18. The standard InChI is InChI=1S/C26H40N2O6S/c1-35(32,33)28-24-12-5-4-10-21(24)11-6-9-17-34-16-8-3-2-7-15-27-19-26(31)22-13-14-25(30)23(18-22)20-29/h4-5,10,12-14,18,26-31H,2-3,6-9,11,15-17,19-20H2,1H3/t26-/m0/s1. The predicted octanol–water partition coefficient (Wildman–Crippen LogP) is 3.48. The van der Waals surface area contributed by atoms with E-state index in [9.17, 15) is 23.7 Å². The Kier molecular flexibility index (Phi) is 13.1. The van der Waals surface area contributed by atoms with E-state index in [0.717, 1.165) is 69.9 Å². The number of aromatic hydroxyl groups is 1. The van der Waals surface area contributed by atoms with Crippen LogP contribution in [0, 0.1) is 0 Å². The summed E-state index contributed by atoms with van der Waals surface area (Å²) in [5, 5.41) is 32.3. The lowest BCUT2D eigenvalue weighted by Gasteiger charge is -2.14. The van der Waals surface area contributed by atoms with Crippen LogP contribution in [0.3, 0.4) is 0 Å². The number of hydrogen-bond acceptors (Lipinski definition) is 7. The van der Waals surface area contributed by atoms with Gasteiger partial charge in [-0.25, -0.2) is 8.42 Å². The maximum absolute atomic E-state index is 11.5.